The number of nitrogens with zero attached hydrogens (tertiary/aromatic N) is 1. The zero-order chi connectivity index (χ0) is 12.3. The average Bonchev–Trinajstić information content (AvgIpc) is 3.00. The summed E-state index contributed by atoms with van der Waals surface area (Å²) in [5, 5.41) is 3.46. The third-order valence-electron chi connectivity index (χ3n) is 3.79. The molecule has 2 rings (SSSR count). The molecular weight excluding hydrogens is 216 g/mol. The van der Waals surface area contributed by atoms with Gasteiger partial charge in [-0.1, -0.05) is 0 Å². The van der Waals surface area contributed by atoms with Crippen LogP contribution in [-0.4, -0.2) is 49.7 Å². The van der Waals surface area contributed by atoms with Crippen molar-refractivity contribution in [2.24, 2.45) is 5.92 Å². The van der Waals surface area contributed by atoms with E-state index in [0.717, 1.165) is 25.6 Å². The number of hydrogen-bond donors (Lipinski definition) is 1. The first-order chi connectivity index (χ1) is 8.20. The van der Waals surface area contributed by atoms with Gasteiger partial charge in [-0.15, -0.1) is 0 Å². The van der Waals surface area contributed by atoms with Crippen LogP contribution >= 0.6 is 0 Å². The van der Waals surface area contributed by atoms with Crippen LogP contribution in [0.25, 0.3) is 0 Å². The zero-order valence-electron chi connectivity index (χ0n) is 10.9. The molecule has 1 aliphatic carbocycles. The first-order valence-corrected chi connectivity index (χ1v) is 6.75. The lowest BCUT2D eigenvalue weighted by molar-refractivity contribution is -0.141. The molecule has 1 N–H and O–H groups in total. The van der Waals surface area contributed by atoms with Crippen molar-refractivity contribution < 1.29 is 9.53 Å². The first-order valence-electron chi connectivity index (χ1n) is 6.75. The Balaban J connectivity index is 1.88. The molecule has 0 aromatic heterocycles. The summed E-state index contributed by atoms with van der Waals surface area (Å²) in [7, 11) is 1.60. The highest BCUT2D eigenvalue weighted by Gasteiger charge is 2.30. The number of ether oxygens (including phenoxy) is 1. The van der Waals surface area contributed by atoms with E-state index in [1.807, 2.05) is 11.8 Å². The van der Waals surface area contributed by atoms with E-state index >= 15 is 0 Å². The second kappa shape index (κ2) is 5.83. The minimum atomic E-state index is -0.310. The average molecular weight is 240 g/mol. The molecule has 0 spiro atoms. The minimum absolute atomic E-state index is 0.146. The fourth-order valence-electron chi connectivity index (χ4n) is 2.40. The van der Waals surface area contributed by atoms with Crippen molar-refractivity contribution in [3.8, 4) is 0 Å². The summed E-state index contributed by atoms with van der Waals surface area (Å²) in [6.07, 6.45) is 4.67. The Morgan fingerprint density at radius 3 is 2.71 bits per heavy atom. The number of methoxy groups -OCH3 is 1. The molecule has 2 unspecified atom stereocenters. The van der Waals surface area contributed by atoms with Crippen molar-refractivity contribution in [1.82, 2.24) is 10.2 Å². The maximum Gasteiger partial charge on any atom is 0.251 e. The molecule has 2 fully saturated rings. The Morgan fingerprint density at radius 1 is 1.41 bits per heavy atom. The molecule has 4 nitrogen and oxygen atoms in total. The van der Waals surface area contributed by atoms with E-state index in [9.17, 15) is 4.79 Å². The van der Waals surface area contributed by atoms with Crippen LogP contribution in [0.2, 0.25) is 0 Å². The normalized spacial score (nSPS) is 25.9. The molecule has 1 saturated carbocycles. The van der Waals surface area contributed by atoms with Gasteiger partial charge < -0.3 is 15.0 Å². The van der Waals surface area contributed by atoms with Crippen LogP contribution in [0, 0.1) is 5.92 Å². The van der Waals surface area contributed by atoms with Crippen molar-refractivity contribution >= 4 is 5.91 Å². The van der Waals surface area contributed by atoms with Crippen LogP contribution in [0.1, 0.15) is 32.6 Å². The van der Waals surface area contributed by atoms with Gasteiger partial charge in [0.15, 0.2) is 0 Å². The van der Waals surface area contributed by atoms with Gasteiger partial charge >= 0.3 is 0 Å². The number of carbonyl (C=O) groups excluding carboxylic acids is 1. The summed E-state index contributed by atoms with van der Waals surface area (Å²) in [6.45, 7) is 4.70. The largest absolute Gasteiger partial charge is 0.372 e. The van der Waals surface area contributed by atoms with Crippen LogP contribution in [-0.2, 0) is 9.53 Å². The van der Waals surface area contributed by atoms with Crippen molar-refractivity contribution in [2.75, 3.05) is 26.7 Å². The van der Waals surface area contributed by atoms with Gasteiger partial charge in [-0.05, 0) is 45.1 Å². The number of rotatable bonds is 6. The van der Waals surface area contributed by atoms with E-state index in [2.05, 4.69) is 5.32 Å². The molecule has 1 heterocycles. The van der Waals surface area contributed by atoms with Crippen LogP contribution in [0.15, 0.2) is 0 Å². The van der Waals surface area contributed by atoms with Crippen molar-refractivity contribution in [1.29, 1.82) is 0 Å². The lowest BCUT2D eigenvalue weighted by Crippen LogP contribution is -2.46. The van der Waals surface area contributed by atoms with E-state index in [1.54, 1.807) is 7.11 Å². The smallest absolute Gasteiger partial charge is 0.251 e. The standard InChI is InChI=1S/C13H24N2O2/c1-10(17-2)13(16)15(8-11-5-6-11)9-12-4-3-7-14-12/h10-12,14H,3-9H2,1-2H3. The lowest BCUT2D eigenvalue weighted by atomic mass is 10.2. The molecule has 98 valence electrons. The second-order valence-corrected chi connectivity index (χ2v) is 5.36. The molecule has 1 aliphatic heterocycles. The van der Waals surface area contributed by atoms with Crippen LogP contribution in [0.3, 0.4) is 0 Å². The summed E-state index contributed by atoms with van der Waals surface area (Å²) in [5.41, 5.74) is 0. The maximum absolute atomic E-state index is 12.2. The zero-order valence-corrected chi connectivity index (χ0v) is 10.9. The number of nitrogens with one attached hydrogen (secondary N) is 1. The Hall–Kier alpha value is -0.610. The number of carbonyl (C=O) groups is 1. The predicted octanol–water partition coefficient (Wildman–Crippen LogP) is 1.01. The Morgan fingerprint density at radius 2 is 2.18 bits per heavy atom. The van der Waals surface area contributed by atoms with E-state index in [1.165, 1.54) is 25.7 Å². The molecule has 2 aliphatic rings. The monoisotopic (exact) mass is 240 g/mol. The fourth-order valence-corrected chi connectivity index (χ4v) is 2.40. The van der Waals surface area contributed by atoms with Gasteiger partial charge in [-0.2, -0.15) is 0 Å². The summed E-state index contributed by atoms with van der Waals surface area (Å²) in [4.78, 5) is 14.2. The van der Waals surface area contributed by atoms with Crippen molar-refractivity contribution in [3.63, 3.8) is 0 Å². The SMILES string of the molecule is COC(C)C(=O)N(CC1CC1)CC1CCCN1. The summed E-state index contributed by atoms with van der Waals surface area (Å²) in [5.74, 6) is 0.887. The maximum atomic E-state index is 12.2. The Labute approximate surface area is 104 Å². The molecule has 4 heteroatoms. The third kappa shape index (κ3) is 3.68. The predicted molar refractivity (Wildman–Crippen MR) is 66.8 cm³/mol. The summed E-state index contributed by atoms with van der Waals surface area (Å²) in [6, 6.07) is 0.488. The summed E-state index contributed by atoms with van der Waals surface area (Å²) >= 11 is 0. The van der Waals surface area contributed by atoms with Crippen LogP contribution < -0.4 is 5.32 Å². The quantitative estimate of drug-likeness (QED) is 0.753. The number of hydrogen-bond acceptors (Lipinski definition) is 3. The molecule has 0 radical (unpaired) electrons. The first kappa shape index (κ1) is 12.8. The highest BCUT2D eigenvalue weighted by molar-refractivity contribution is 5.80. The van der Waals surface area contributed by atoms with E-state index in [0.29, 0.717) is 6.04 Å². The van der Waals surface area contributed by atoms with Crippen molar-refractivity contribution in [3.05, 3.63) is 0 Å². The van der Waals surface area contributed by atoms with Gasteiger partial charge in [-0.3, -0.25) is 4.79 Å². The van der Waals surface area contributed by atoms with Gasteiger partial charge in [0.05, 0.1) is 0 Å². The molecule has 1 amide bonds. The molecule has 2 atom stereocenters. The molecule has 0 aromatic rings. The molecule has 17 heavy (non-hydrogen) atoms. The van der Waals surface area contributed by atoms with Gasteiger partial charge in [0.1, 0.15) is 6.10 Å². The molecule has 0 aromatic carbocycles. The summed E-state index contributed by atoms with van der Waals surface area (Å²) < 4.78 is 5.15. The van der Waals surface area contributed by atoms with E-state index in [4.69, 9.17) is 4.74 Å². The highest BCUT2D eigenvalue weighted by Crippen LogP contribution is 2.30. The molecule has 0 bridgehead atoms. The van der Waals surface area contributed by atoms with Gasteiger partial charge in [-0.25, -0.2) is 0 Å². The second-order valence-electron chi connectivity index (χ2n) is 5.36. The van der Waals surface area contributed by atoms with E-state index in [-0.39, 0.29) is 12.0 Å². The molecular formula is C13H24N2O2. The lowest BCUT2D eigenvalue weighted by Gasteiger charge is -2.28. The van der Waals surface area contributed by atoms with Crippen molar-refractivity contribution in [2.45, 2.75) is 44.8 Å². The van der Waals surface area contributed by atoms with Crippen LogP contribution in [0.5, 0.6) is 0 Å². The topological polar surface area (TPSA) is 41.6 Å². The van der Waals surface area contributed by atoms with Crippen LogP contribution in [0.4, 0.5) is 0 Å². The third-order valence-corrected chi connectivity index (χ3v) is 3.79. The fraction of sp³-hybridized carbons (Fsp3) is 0.923. The number of amides is 1. The minimum Gasteiger partial charge on any atom is -0.372 e. The molecule has 1 saturated heterocycles. The van der Waals surface area contributed by atoms with Gasteiger partial charge in [0.25, 0.3) is 5.91 Å². The Bertz CT molecular complexity index is 260. The van der Waals surface area contributed by atoms with Gasteiger partial charge in [0, 0.05) is 26.2 Å². The van der Waals surface area contributed by atoms with E-state index < -0.39 is 0 Å². The Kier molecular flexibility index (Phi) is 4.40. The van der Waals surface area contributed by atoms with Gasteiger partial charge in [0.2, 0.25) is 0 Å². The highest BCUT2D eigenvalue weighted by atomic mass is 16.5.